The number of amidine groups is 1. The second-order valence-electron chi connectivity index (χ2n) is 5.62. The van der Waals surface area contributed by atoms with Crippen LogP contribution < -0.4 is 11.1 Å². The molecule has 0 unspecified atom stereocenters. The summed E-state index contributed by atoms with van der Waals surface area (Å²) in [6.07, 6.45) is 13.2. The zero-order valence-corrected chi connectivity index (χ0v) is 13.6. The third kappa shape index (κ3) is 15.0. The van der Waals surface area contributed by atoms with Gasteiger partial charge in [-0.15, -0.1) is 0 Å². The predicted molar refractivity (Wildman–Crippen MR) is 87.5 cm³/mol. The Kier molecular flexibility index (Phi) is 14.2. The first kappa shape index (κ1) is 19.7. The van der Waals surface area contributed by atoms with Crippen molar-refractivity contribution in [2.45, 2.75) is 84.0 Å². The second kappa shape index (κ2) is 15.1. The van der Waals surface area contributed by atoms with Crippen LogP contribution in [0, 0.1) is 0 Å². The Labute approximate surface area is 129 Å². The molecule has 4 N–H and O–H groups in total. The standard InChI is InChI=1S/C16H33N3O2/c1-2-3-4-5-6-7-8-9-10-13-16(20)18-14-11-12-15(17)19-21/h21H,2-14H2,1H3,(H2,17,19)(H,18,20). The van der Waals surface area contributed by atoms with E-state index in [0.717, 1.165) is 12.8 Å². The van der Waals surface area contributed by atoms with Crippen LogP contribution in [0.15, 0.2) is 5.16 Å². The van der Waals surface area contributed by atoms with Gasteiger partial charge in [-0.2, -0.15) is 0 Å². The number of nitrogens with two attached hydrogens (primary N) is 1. The largest absolute Gasteiger partial charge is 0.409 e. The van der Waals surface area contributed by atoms with Crippen molar-refractivity contribution < 1.29 is 10.0 Å². The zero-order valence-electron chi connectivity index (χ0n) is 13.6. The first-order chi connectivity index (χ1) is 10.2. The van der Waals surface area contributed by atoms with E-state index >= 15 is 0 Å². The molecule has 0 aromatic carbocycles. The molecule has 124 valence electrons. The number of oxime groups is 1. The third-order valence-electron chi connectivity index (χ3n) is 3.57. The molecular weight excluding hydrogens is 266 g/mol. The Morgan fingerprint density at radius 1 is 0.952 bits per heavy atom. The fourth-order valence-corrected chi connectivity index (χ4v) is 2.23. The van der Waals surface area contributed by atoms with Gasteiger partial charge in [-0.05, 0) is 12.8 Å². The highest BCUT2D eigenvalue weighted by Gasteiger charge is 2.01. The number of carbonyl (C=O) groups is 1. The Hall–Kier alpha value is -1.26. The lowest BCUT2D eigenvalue weighted by Crippen LogP contribution is -2.25. The minimum absolute atomic E-state index is 0.109. The number of nitrogens with zero attached hydrogens (tertiary/aromatic N) is 1. The average molecular weight is 299 g/mol. The van der Waals surface area contributed by atoms with Gasteiger partial charge in [0.2, 0.25) is 5.91 Å². The number of rotatable bonds is 14. The van der Waals surface area contributed by atoms with Gasteiger partial charge in [0.25, 0.3) is 0 Å². The van der Waals surface area contributed by atoms with E-state index in [1.165, 1.54) is 44.9 Å². The second-order valence-corrected chi connectivity index (χ2v) is 5.62. The van der Waals surface area contributed by atoms with Crippen LogP contribution in [0.2, 0.25) is 0 Å². The summed E-state index contributed by atoms with van der Waals surface area (Å²) >= 11 is 0. The minimum Gasteiger partial charge on any atom is -0.409 e. The number of hydrogen-bond donors (Lipinski definition) is 3. The highest BCUT2D eigenvalue weighted by Crippen LogP contribution is 2.10. The molecule has 0 saturated carbocycles. The molecule has 0 aliphatic carbocycles. The topological polar surface area (TPSA) is 87.7 Å². The molecule has 0 aromatic rings. The summed E-state index contributed by atoms with van der Waals surface area (Å²) in [4.78, 5) is 11.5. The van der Waals surface area contributed by atoms with Gasteiger partial charge in [0.1, 0.15) is 5.84 Å². The molecule has 0 rings (SSSR count). The van der Waals surface area contributed by atoms with Crippen molar-refractivity contribution in [2.24, 2.45) is 10.9 Å². The first-order valence-corrected chi connectivity index (χ1v) is 8.43. The summed E-state index contributed by atoms with van der Waals surface area (Å²) in [7, 11) is 0. The summed E-state index contributed by atoms with van der Waals surface area (Å²) in [5, 5.41) is 14.1. The minimum atomic E-state index is 0.109. The molecule has 0 aliphatic rings. The van der Waals surface area contributed by atoms with Crippen molar-refractivity contribution in [2.75, 3.05) is 6.54 Å². The Bertz CT molecular complexity index is 281. The number of carbonyl (C=O) groups excluding carboxylic acids is 1. The van der Waals surface area contributed by atoms with E-state index in [9.17, 15) is 4.79 Å². The van der Waals surface area contributed by atoms with Gasteiger partial charge in [-0.3, -0.25) is 4.79 Å². The number of amides is 1. The van der Waals surface area contributed by atoms with Crippen molar-refractivity contribution >= 4 is 11.7 Å². The van der Waals surface area contributed by atoms with Crippen LogP contribution in [0.4, 0.5) is 0 Å². The summed E-state index contributed by atoms with van der Waals surface area (Å²) in [5.41, 5.74) is 5.34. The van der Waals surface area contributed by atoms with Crippen LogP contribution in [-0.2, 0) is 4.79 Å². The predicted octanol–water partition coefficient (Wildman–Crippen LogP) is 3.55. The summed E-state index contributed by atoms with van der Waals surface area (Å²) in [6.45, 7) is 2.83. The maximum Gasteiger partial charge on any atom is 0.219 e. The molecule has 0 atom stereocenters. The molecule has 0 fully saturated rings. The molecule has 0 radical (unpaired) electrons. The van der Waals surface area contributed by atoms with Gasteiger partial charge in [0, 0.05) is 19.4 Å². The Morgan fingerprint density at radius 2 is 1.52 bits per heavy atom. The average Bonchev–Trinajstić information content (AvgIpc) is 2.49. The number of nitrogens with one attached hydrogen (secondary N) is 1. The van der Waals surface area contributed by atoms with Crippen molar-refractivity contribution in [3.05, 3.63) is 0 Å². The van der Waals surface area contributed by atoms with Crippen LogP contribution >= 0.6 is 0 Å². The van der Waals surface area contributed by atoms with Crippen molar-refractivity contribution in [1.29, 1.82) is 0 Å². The molecule has 0 aromatic heterocycles. The van der Waals surface area contributed by atoms with Crippen LogP contribution in [0.25, 0.3) is 0 Å². The maximum atomic E-state index is 11.5. The zero-order chi connectivity index (χ0) is 15.8. The van der Waals surface area contributed by atoms with Crippen LogP contribution in [0.1, 0.15) is 84.0 Å². The van der Waals surface area contributed by atoms with E-state index in [4.69, 9.17) is 10.9 Å². The van der Waals surface area contributed by atoms with Gasteiger partial charge in [-0.1, -0.05) is 63.4 Å². The van der Waals surface area contributed by atoms with Gasteiger partial charge < -0.3 is 16.3 Å². The monoisotopic (exact) mass is 299 g/mol. The van der Waals surface area contributed by atoms with E-state index in [1.54, 1.807) is 0 Å². The third-order valence-corrected chi connectivity index (χ3v) is 3.57. The molecular formula is C16H33N3O2. The van der Waals surface area contributed by atoms with Gasteiger partial charge in [0.15, 0.2) is 0 Å². The smallest absolute Gasteiger partial charge is 0.219 e. The SMILES string of the molecule is CCCCCCCCCCCC(=O)NCCCC(N)=NO. The highest BCUT2D eigenvalue weighted by atomic mass is 16.4. The molecule has 0 bridgehead atoms. The Balaban J connectivity index is 3.23. The maximum absolute atomic E-state index is 11.5. The molecule has 21 heavy (non-hydrogen) atoms. The van der Waals surface area contributed by atoms with E-state index in [0.29, 0.717) is 25.8 Å². The van der Waals surface area contributed by atoms with E-state index in [-0.39, 0.29) is 11.7 Å². The highest BCUT2D eigenvalue weighted by molar-refractivity contribution is 5.79. The lowest BCUT2D eigenvalue weighted by Gasteiger charge is -2.05. The van der Waals surface area contributed by atoms with Gasteiger partial charge in [0.05, 0.1) is 0 Å². The van der Waals surface area contributed by atoms with Crippen molar-refractivity contribution in [3.8, 4) is 0 Å². The molecule has 1 amide bonds. The molecule has 0 aliphatic heterocycles. The van der Waals surface area contributed by atoms with Crippen LogP contribution in [0.3, 0.4) is 0 Å². The molecule has 0 spiro atoms. The molecule has 0 heterocycles. The molecule has 0 saturated heterocycles. The van der Waals surface area contributed by atoms with E-state index in [1.807, 2.05) is 0 Å². The van der Waals surface area contributed by atoms with Crippen LogP contribution in [0.5, 0.6) is 0 Å². The molecule has 5 heteroatoms. The number of hydrogen-bond acceptors (Lipinski definition) is 3. The fraction of sp³-hybridized carbons (Fsp3) is 0.875. The number of unbranched alkanes of at least 4 members (excludes halogenated alkanes) is 8. The Morgan fingerprint density at radius 3 is 2.10 bits per heavy atom. The lowest BCUT2D eigenvalue weighted by molar-refractivity contribution is -0.121. The summed E-state index contributed by atoms with van der Waals surface area (Å²) in [5.74, 6) is 0.320. The van der Waals surface area contributed by atoms with Crippen molar-refractivity contribution in [3.63, 3.8) is 0 Å². The fourth-order valence-electron chi connectivity index (χ4n) is 2.23. The summed E-state index contributed by atoms with van der Waals surface area (Å²) in [6, 6.07) is 0. The van der Waals surface area contributed by atoms with Gasteiger partial charge >= 0.3 is 0 Å². The molecule has 5 nitrogen and oxygen atoms in total. The lowest BCUT2D eigenvalue weighted by atomic mass is 10.1. The normalized spacial score (nSPS) is 11.6. The van der Waals surface area contributed by atoms with Crippen molar-refractivity contribution in [1.82, 2.24) is 5.32 Å². The van der Waals surface area contributed by atoms with E-state index in [2.05, 4.69) is 17.4 Å². The van der Waals surface area contributed by atoms with Gasteiger partial charge in [-0.25, -0.2) is 0 Å². The quantitative estimate of drug-likeness (QED) is 0.151. The first-order valence-electron chi connectivity index (χ1n) is 8.43. The summed E-state index contributed by atoms with van der Waals surface area (Å²) < 4.78 is 0. The van der Waals surface area contributed by atoms with Crippen LogP contribution in [-0.4, -0.2) is 23.5 Å². The van der Waals surface area contributed by atoms with E-state index < -0.39 is 0 Å².